The molecule has 0 saturated heterocycles. The van der Waals surface area contributed by atoms with E-state index in [4.69, 9.17) is 5.73 Å². The molecule has 2 N–H and O–H groups in total. The van der Waals surface area contributed by atoms with E-state index in [1.165, 1.54) is 17.5 Å². The summed E-state index contributed by atoms with van der Waals surface area (Å²) >= 11 is 0. The van der Waals surface area contributed by atoms with Crippen LogP contribution in [-0.4, -0.2) is 30.1 Å². The second-order valence-electron chi connectivity index (χ2n) is 5.42. The van der Waals surface area contributed by atoms with E-state index >= 15 is 0 Å². The van der Waals surface area contributed by atoms with Crippen LogP contribution in [0.5, 0.6) is 0 Å². The second kappa shape index (κ2) is 4.79. The van der Waals surface area contributed by atoms with E-state index in [2.05, 4.69) is 50.1 Å². The van der Waals surface area contributed by atoms with Gasteiger partial charge in [0.05, 0.1) is 0 Å². The Kier molecular flexibility index (Phi) is 3.55. The van der Waals surface area contributed by atoms with Gasteiger partial charge in [-0.05, 0) is 44.4 Å². The number of fused-ring (bicyclic) bond motifs is 1. The Morgan fingerprint density at radius 1 is 1.29 bits per heavy atom. The van der Waals surface area contributed by atoms with Crippen molar-refractivity contribution in [2.24, 2.45) is 5.73 Å². The molecule has 0 bridgehead atoms. The molecule has 1 aromatic carbocycles. The molecule has 1 unspecified atom stereocenters. The van der Waals surface area contributed by atoms with Gasteiger partial charge in [-0.3, -0.25) is 4.90 Å². The average molecular weight is 232 g/mol. The van der Waals surface area contributed by atoms with Crippen molar-refractivity contribution in [3.63, 3.8) is 0 Å². The van der Waals surface area contributed by atoms with Crippen molar-refractivity contribution in [2.45, 2.75) is 44.7 Å². The zero-order valence-electron chi connectivity index (χ0n) is 11.2. The Hall–Kier alpha value is -0.860. The Labute approximate surface area is 105 Å². The van der Waals surface area contributed by atoms with E-state index in [9.17, 15) is 0 Å². The van der Waals surface area contributed by atoms with Crippen molar-refractivity contribution >= 4 is 0 Å². The molecule has 0 aliphatic heterocycles. The molecule has 1 aliphatic rings. The molecular weight excluding hydrogens is 208 g/mol. The van der Waals surface area contributed by atoms with Crippen molar-refractivity contribution in [1.82, 2.24) is 4.90 Å². The van der Waals surface area contributed by atoms with Gasteiger partial charge in [-0.2, -0.15) is 0 Å². The Morgan fingerprint density at radius 2 is 1.82 bits per heavy atom. The highest BCUT2D eigenvalue weighted by Gasteiger charge is 2.40. The smallest absolute Gasteiger partial charge is 0.0412 e. The van der Waals surface area contributed by atoms with E-state index in [1.807, 2.05) is 0 Å². The average Bonchev–Trinajstić information content (AvgIpc) is 2.76. The van der Waals surface area contributed by atoms with Gasteiger partial charge >= 0.3 is 0 Å². The molecule has 1 aromatic rings. The number of hydrogen-bond donors (Lipinski definition) is 1. The van der Waals surface area contributed by atoms with E-state index in [0.29, 0.717) is 6.04 Å². The van der Waals surface area contributed by atoms with Crippen molar-refractivity contribution in [3.8, 4) is 0 Å². The molecule has 0 amide bonds. The molecule has 17 heavy (non-hydrogen) atoms. The van der Waals surface area contributed by atoms with Crippen LogP contribution >= 0.6 is 0 Å². The Balaban J connectivity index is 2.25. The lowest BCUT2D eigenvalue weighted by atomic mass is 9.92. The number of rotatable bonds is 4. The summed E-state index contributed by atoms with van der Waals surface area (Å²) in [6.07, 6.45) is 3.37. The predicted octanol–water partition coefficient (Wildman–Crippen LogP) is 2.21. The maximum absolute atomic E-state index is 6.10. The van der Waals surface area contributed by atoms with Gasteiger partial charge in [0.2, 0.25) is 0 Å². The maximum Gasteiger partial charge on any atom is 0.0412 e. The molecule has 0 spiro atoms. The van der Waals surface area contributed by atoms with Crippen LogP contribution in [0.3, 0.4) is 0 Å². The highest BCUT2D eigenvalue weighted by Crippen LogP contribution is 2.34. The summed E-state index contributed by atoms with van der Waals surface area (Å²) in [7, 11) is 2.23. The van der Waals surface area contributed by atoms with Crippen LogP contribution in [0.15, 0.2) is 24.3 Å². The number of benzene rings is 1. The van der Waals surface area contributed by atoms with Crippen LogP contribution in [0.2, 0.25) is 0 Å². The van der Waals surface area contributed by atoms with Crippen LogP contribution in [0.1, 0.15) is 31.4 Å². The van der Waals surface area contributed by atoms with Gasteiger partial charge in [0.25, 0.3) is 0 Å². The summed E-state index contributed by atoms with van der Waals surface area (Å²) in [6.45, 7) is 5.27. The minimum absolute atomic E-state index is 0.138. The fraction of sp³-hybridized carbons (Fsp3) is 0.600. The summed E-state index contributed by atoms with van der Waals surface area (Å²) in [5.74, 6) is 0. The summed E-state index contributed by atoms with van der Waals surface area (Å²) in [5, 5.41) is 0. The topological polar surface area (TPSA) is 29.3 Å². The van der Waals surface area contributed by atoms with Gasteiger partial charge in [0.1, 0.15) is 0 Å². The monoisotopic (exact) mass is 232 g/mol. The van der Waals surface area contributed by atoms with Gasteiger partial charge in [-0.25, -0.2) is 0 Å². The van der Waals surface area contributed by atoms with Crippen molar-refractivity contribution < 1.29 is 0 Å². The molecule has 94 valence electrons. The van der Waals surface area contributed by atoms with E-state index in [-0.39, 0.29) is 5.54 Å². The quantitative estimate of drug-likeness (QED) is 0.862. The maximum atomic E-state index is 6.10. The fourth-order valence-corrected chi connectivity index (χ4v) is 2.95. The van der Waals surface area contributed by atoms with Crippen LogP contribution in [0.25, 0.3) is 0 Å². The molecule has 2 rings (SSSR count). The fourth-order valence-electron chi connectivity index (χ4n) is 2.95. The standard InChI is InChI=1S/C15H24N2/c1-4-12(2)17(3)15(11-16)9-13-7-5-6-8-14(13)10-15/h5-8,12H,4,9-11,16H2,1-3H3. The van der Waals surface area contributed by atoms with E-state index < -0.39 is 0 Å². The number of nitrogens with zero attached hydrogens (tertiary/aromatic N) is 1. The van der Waals surface area contributed by atoms with Gasteiger partial charge < -0.3 is 5.73 Å². The Morgan fingerprint density at radius 3 is 2.24 bits per heavy atom. The molecule has 0 aromatic heterocycles. The van der Waals surface area contributed by atoms with E-state index in [0.717, 1.165) is 19.4 Å². The van der Waals surface area contributed by atoms with Crippen LogP contribution in [0.4, 0.5) is 0 Å². The molecule has 2 nitrogen and oxygen atoms in total. The lowest BCUT2D eigenvalue weighted by Gasteiger charge is -2.41. The summed E-state index contributed by atoms with van der Waals surface area (Å²) < 4.78 is 0. The van der Waals surface area contributed by atoms with Crippen molar-refractivity contribution in [2.75, 3.05) is 13.6 Å². The molecule has 0 heterocycles. The normalized spacial score (nSPS) is 19.4. The second-order valence-corrected chi connectivity index (χ2v) is 5.42. The van der Waals surface area contributed by atoms with Gasteiger partial charge in [0.15, 0.2) is 0 Å². The first-order chi connectivity index (χ1) is 8.13. The minimum Gasteiger partial charge on any atom is -0.329 e. The molecule has 0 radical (unpaired) electrons. The van der Waals surface area contributed by atoms with Gasteiger partial charge in [0, 0.05) is 18.1 Å². The molecule has 2 heteroatoms. The largest absolute Gasteiger partial charge is 0.329 e. The third-order valence-corrected chi connectivity index (χ3v) is 4.54. The predicted molar refractivity (Wildman–Crippen MR) is 73.2 cm³/mol. The van der Waals surface area contributed by atoms with Crippen LogP contribution < -0.4 is 5.73 Å². The Bertz CT molecular complexity index is 361. The zero-order chi connectivity index (χ0) is 12.5. The molecule has 0 fully saturated rings. The van der Waals surface area contributed by atoms with Crippen LogP contribution in [0, 0.1) is 0 Å². The third kappa shape index (κ3) is 2.12. The first kappa shape index (κ1) is 12.6. The highest BCUT2D eigenvalue weighted by molar-refractivity contribution is 5.36. The van der Waals surface area contributed by atoms with Crippen molar-refractivity contribution in [3.05, 3.63) is 35.4 Å². The first-order valence-corrected chi connectivity index (χ1v) is 6.63. The first-order valence-electron chi connectivity index (χ1n) is 6.63. The lowest BCUT2D eigenvalue weighted by Crippen LogP contribution is -2.56. The molecular formula is C15H24N2. The number of likely N-dealkylation sites (N-methyl/N-ethyl adjacent to an activating group) is 1. The molecule has 1 aliphatic carbocycles. The zero-order valence-corrected chi connectivity index (χ0v) is 11.2. The summed E-state index contributed by atoms with van der Waals surface area (Å²) in [6, 6.07) is 9.35. The lowest BCUT2D eigenvalue weighted by molar-refractivity contribution is 0.0907. The number of hydrogen-bond acceptors (Lipinski definition) is 2. The van der Waals surface area contributed by atoms with Crippen LogP contribution in [-0.2, 0) is 12.8 Å². The highest BCUT2D eigenvalue weighted by atomic mass is 15.2. The third-order valence-electron chi connectivity index (χ3n) is 4.54. The molecule has 0 saturated carbocycles. The van der Waals surface area contributed by atoms with Crippen molar-refractivity contribution in [1.29, 1.82) is 0 Å². The minimum atomic E-state index is 0.138. The number of nitrogens with two attached hydrogens (primary N) is 1. The SMILES string of the molecule is CCC(C)N(C)C1(CN)Cc2ccccc2C1. The summed E-state index contributed by atoms with van der Waals surface area (Å²) in [4.78, 5) is 2.49. The van der Waals surface area contributed by atoms with Gasteiger partial charge in [-0.15, -0.1) is 0 Å². The van der Waals surface area contributed by atoms with E-state index in [1.54, 1.807) is 0 Å². The molecule has 1 atom stereocenters. The summed E-state index contributed by atoms with van der Waals surface area (Å²) in [5.41, 5.74) is 9.20. The van der Waals surface area contributed by atoms with Gasteiger partial charge in [-0.1, -0.05) is 31.2 Å².